The molecule has 0 radical (unpaired) electrons. The average molecular weight is 225 g/mol. The minimum atomic E-state index is -0.157. The Kier molecular flexibility index (Phi) is 3.50. The van der Waals surface area contributed by atoms with Gasteiger partial charge in [0, 0.05) is 4.87 Å². The van der Waals surface area contributed by atoms with Crippen molar-refractivity contribution in [2.24, 2.45) is 0 Å². The first kappa shape index (κ1) is 12.6. The number of aryl methyl sites for hydroxylation is 2. The molecule has 1 heteroatoms. The molecule has 0 fully saturated rings. The molecule has 15 heavy (non-hydrogen) atoms. The number of hydrogen-bond acceptors (Lipinski definition) is 0. The van der Waals surface area contributed by atoms with E-state index in [2.05, 4.69) is 47.6 Å². The lowest BCUT2D eigenvalue weighted by Gasteiger charge is -2.21. The van der Waals surface area contributed by atoms with Gasteiger partial charge in [-0.15, -0.1) is 11.6 Å². The Labute approximate surface area is 98.7 Å². The maximum Gasteiger partial charge on any atom is 0.0431 e. The van der Waals surface area contributed by atoms with Crippen LogP contribution in [0.25, 0.3) is 0 Å². The number of alkyl halides is 1. The van der Waals surface area contributed by atoms with Crippen LogP contribution in [-0.2, 0) is 6.42 Å². The van der Waals surface area contributed by atoms with Crippen LogP contribution in [0.4, 0.5) is 0 Å². The lowest BCUT2D eigenvalue weighted by Crippen LogP contribution is -2.16. The van der Waals surface area contributed by atoms with Crippen molar-refractivity contribution in [2.75, 3.05) is 0 Å². The summed E-state index contributed by atoms with van der Waals surface area (Å²) in [5.74, 6) is 0. The third kappa shape index (κ3) is 2.98. The lowest BCUT2D eigenvalue weighted by atomic mass is 9.89. The molecule has 0 N–H and O–H groups in total. The van der Waals surface area contributed by atoms with E-state index < -0.39 is 0 Å². The lowest BCUT2D eigenvalue weighted by molar-refractivity contribution is 0.687. The Hall–Kier alpha value is -0.490. The Morgan fingerprint density at radius 3 is 1.73 bits per heavy atom. The molecule has 0 aliphatic carbocycles. The summed E-state index contributed by atoms with van der Waals surface area (Å²) in [6, 6.07) is 2.26. The van der Waals surface area contributed by atoms with Gasteiger partial charge < -0.3 is 0 Å². The standard InChI is InChI=1S/C14H21Cl/c1-9-7-10(2)12(4)13(11(9)3)8-14(5,6)15/h7H,8H2,1-6H3. The molecule has 0 atom stereocenters. The van der Waals surface area contributed by atoms with Crippen LogP contribution in [0.15, 0.2) is 6.07 Å². The van der Waals surface area contributed by atoms with Crippen molar-refractivity contribution in [3.05, 3.63) is 33.9 Å². The van der Waals surface area contributed by atoms with Crippen molar-refractivity contribution in [1.29, 1.82) is 0 Å². The first-order valence-corrected chi connectivity index (χ1v) is 5.85. The fraction of sp³-hybridized carbons (Fsp3) is 0.571. The third-order valence-electron chi connectivity index (χ3n) is 3.12. The number of benzene rings is 1. The largest absolute Gasteiger partial charge is 0.120 e. The van der Waals surface area contributed by atoms with Gasteiger partial charge in [-0.1, -0.05) is 6.07 Å². The molecule has 1 aromatic carbocycles. The van der Waals surface area contributed by atoms with Crippen LogP contribution in [0, 0.1) is 27.7 Å². The van der Waals surface area contributed by atoms with Crippen LogP contribution >= 0.6 is 11.6 Å². The summed E-state index contributed by atoms with van der Waals surface area (Å²) < 4.78 is 0. The number of rotatable bonds is 2. The van der Waals surface area contributed by atoms with Gasteiger partial charge in [0.15, 0.2) is 0 Å². The van der Waals surface area contributed by atoms with Gasteiger partial charge in [-0.2, -0.15) is 0 Å². The molecule has 1 rings (SSSR count). The molecule has 0 heterocycles. The summed E-state index contributed by atoms with van der Waals surface area (Å²) in [7, 11) is 0. The summed E-state index contributed by atoms with van der Waals surface area (Å²) in [4.78, 5) is -0.157. The molecule has 0 aliphatic rings. The highest BCUT2D eigenvalue weighted by molar-refractivity contribution is 6.23. The van der Waals surface area contributed by atoms with Gasteiger partial charge in [-0.05, 0) is 75.8 Å². The van der Waals surface area contributed by atoms with E-state index >= 15 is 0 Å². The Morgan fingerprint density at radius 1 is 1.00 bits per heavy atom. The molecule has 0 aliphatic heterocycles. The summed E-state index contributed by atoms with van der Waals surface area (Å²) in [6.45, 7) is 12.9. The van der Waals surface area contributed by atoms with Crippen LogP contribution in [0.5, 0.6) is 0 Å². The maximum atomic E-state index is 6.32. The topological polar surface area (TPSA) is 0 Å². The zero-order valence-electron chi connectivity index (χ0n) is 10.7. The number of halogens is 1. The smallest absolute Gasteiger partial charge is 0.0431 e. The quantitative estimate of drug-likeness (QED) is 0.650. The van der Waals surface area contributed by atoms with Crippen molar-refractivity contribution in [3.8, 4) is 0 Å². The van der Waals surface area contributed by atoms with E-state index in [0.29, 0.717) is 0 Å². The highest BCUT2D eigenvalue weighted by Crippen LogP contribution is 2.28. The fourth-order valence-corrected chi connectivity index (χ4v) is 2.12. The summed E-state index contributed by atoms with van der Waals surface area (Å²) in [5.41, 5.74) is 6.95. The molecular formula is C14H21Cl. The van der Waals surface area contributed by atoms with Crippen molar-refractivity contribution in [1.82, 2.24) is 0 Å². The van der Waals surface area contributed by atoms with Crippen LogP contribution in [0.1, 0.15) is 41.7 Å². The third-order valence-corrected chi connectivity index (χ3v) is 3.25. The summed E-state index contributed by atoms with van der Waals surface area (Å²) in [5, 5.41) is 0. The molecule has 84 valence electrons. The van der Waals surface area contributed by atoms with E-state index in [1.807, 2.05) is 0 Å². The second-order valence-electron chi connectivity index (χ2n) is 5.13. The molecule has 0 unspecified atom stereocenters. The molecule has 0 aromatic heterocycles. The van der Waals surface area contributed by atoms with Gasteiger partial charge in [0.2, 0.25) is 0 Å². The van der Waals surface area contributed by atoms with E-state index in [9.17, 15) is 0 Å². The van der Waals surface area contributed by atoms with E-state index in [0.717, 1.165) is 6.42 Å². The zero-order valence-corrected chi connectivity index (χ0v) is 11.4. The van der Waals surface area contributed by atoms with Crippen molar-refractivity contribution in [3.63, 3.8) is 0 Å². The molecule has 0 saturated heterocycles. The predicted molar refractivity (Wildman–Crippen MR) is 69.0 cm³/mol. The Bertz CT molecular complexity index is 344. The summed E-state index contributed by atoms with van der Waals surface area (Å²) in [6.07, 6.45) is 0.939. The minimum absolute atomic E-state index is 0.157. The van der Waals surface area contributed by atoms with Crippen molar-refractivity contribution in [2.45, 2.75) is 52.8 Å². The predicted octanol–water partition coefficient (Wildman–Crippen LogP) is 4.48. The Morgan fingerprint density at radius 2 is 1.40 bits per heavy atom. The molecular weight excluding hydrogens is 204 g/mol. The monoisotopic (exact) mass is 224 g/mol. The van der Waals surface area contributed by atoms with E-state index in [1.165, 1.54) is 27.8 Å². The molecule has 0 bridgehead atoms. The SMILES string of the molecule is Cc1cc(C)c(C)c(CC(C)(C)Cl)c1C. The average Bonchev–Trinajstić information content (AvgIpc) is 2.08. The molecule has 0 nitrogen and oxygen atoms in total. The van der Waals surface area contributed by atoms with Crippen LogP contribution in [0.2, 0.25) is 0 Å². The molecule has 0 saturated carbocycles. The van der Waals surface area contributed by atoms with Crippen LogP contribution in [0.3, 0.4) is 0 Å². The van der Waals surface area contributed by atoms with Gasteiger partial charge in [0.1, 0.15) is 0 Å². The van der Waals surface area contributed by atoms with Crippen LogP contribution in [-0.4, -0.2) is 4.87 Å². The van der Waals surface area contributed by atoms with Crippen molar-refractivity contribution >= 4 is 11.6 Å². The highest BCUT2D eigenvalue weighted by Gasteiger charge is 2.18. The van der Waals surface area contributed by atoms with Gasteiger partial charge >= 0.3 is 0 Å². The van der Waals surface area contributed by atoms with E-state index in [1.54, 1.807) is 0 Å². The van der Waals surface area contributed by atoms with Gasteiger partial charge in [-0.25, -0.2) is 0 Å². The van der Waals surface area contributed by atoms with Crippen molar-refractivity contribution < 1.29 is 0 Å². The zero-order chi connectivity index (χ0) is 11.8. The second kappa shape index (κ2) is 4.17. The van der Waals surface area contributed by atoms with Gasteiger partial charge in [0.05, 0.1) is 0 Å². The first-order chi connectivity index (χ1) is 6.72. The molecule has 0 amide bonds. The highest BCUT2D eigenvalue weighted by atomic mass is 35.5. The normalized spacial score (nSPS) is 11.9. The molecule has 1 aromatic rings. The van der Waals surface area contributed by atoms with Gasteiger partial charge in [-0.3, -0.25) is 0 Å². The van der Waals surface area contributed by atoms with E-state index in [4.69, 9.17) is 11.6 Å². The van der Waals surface area contributed by atoms with Crippen LogP contribution < -0.4 is 0 Å². The fourth-order valence-electron chi connectivity index (χ4n) is 1.98. The number of hydrogen-bond donors (Lipinski definition) is 0. The van der Waals surface area contributed by atoms with E-state index in [-0.39, 0.29) is 4.87 Å². The van der Waals surface area contributed by atoms with Gasteiger partial charge in [0.25, 0.3) is 0 Å². The first-order valence-electron chi connectivity index (χ1n) is 5.47. The maximum absolute atomic E-state index is 6.32. The Balaban J connectivity index is 3.27. The molecule has 0 spiro atoms. The minimum Gasteiger partial charge on any atom is -0.120 e. The summed E-state index contributed by atoms with van der Waals surface area (Å²) >= 11 is 6.32. The second-order valence-corrected chi connectivity index (χ2v) is 6.16.